The van der Waals surface area contributed by atoms with Crippen molar-refractivity contribution in [2.24, 2.45) is 0 Å². The number of carbonyl (C=O) groups is 2. The lowest BCUT2D eigenvalue weighted by atomic mass is 10.1. The van der Waals surface area contributed by atoms with Gasteiger partial charge in [0, 0.05) is 23.8 Å². The number of carbonyl (C=O) groups excluding carboxylic acids is 1. The van der Waals surface area contributed by atoms with Crippen molar-refractivity contribution in [1.82, 2.24) is 14.9 Å². The van der Waals surface area contributed by atoms with Crippen molar-refractivity contribution in [2.75, 3.05) is 6.54 Å². The van der Waals surface area contributed by atoms with Crippen molar-refractivity contribution >= 4 is 27.8 Å². The fraction of sp³-hybridized carbons (Fsp3) is 0.250. The normalized spacial score (nSPS) is 10.3. The molecular formula is C16H16BrN3O3. The average Bonchev–Trinajstić information content (AvgIpc) is 2.51. The second-order valence-electron chi connectivity index (χ2n) is 5.02. The third-order valence-corrected chi connectivity index (χ3v) is 3.78. The molecule has 0 saturated heterocycles. The summed E-state index contributed by atoms with van der Waals surface area (Å²) < 4.78 is 0.903. The molecule has 0 aliphatic carbocycles. The molecule has 1 amide bonds. The van der Waals surface area contributed by atoms with E-state index in [-0.39, 0.29) is 18.9 Å². The van der Waals surface area contributed by atoms with Crippen LogP contribution in [0.2, 0.25) is 0 Å². The van der Waals surface area contributed by atoms with Crippen molar-refractivity contribution < 1.29 is 14.7 Å². The molecule has 0 bridgehead atoms. The minimum atomic E-state index is -0.946. The number of rotatable bonds is 6. The fourth-order valence-electron chi connectivity index (χ4n) is 2.11. The summed E-state index contributed by atoms with van der Waals surface area (Å²) in [4.78, 5) is 33.0. The van der Waals surface area contributed by atoms with Crippen molar-refractivity contribution in [2.45, 2.75) is 19.9 Å². The summed E-state index contributed by atoms with van der Waals surface area (Å²) in [6, 6.07) is 7.55. The molecule has 0 radical (unpaired) electrons. The lowest BCUT2D eigenvalue weighted by Crippen LogP contribution is -2.33. The molecule has 0 unspecified atom stereocenters. The van der Waals surface area contributed by atoms with E-state index in [1.54, 1.807) is 6.92 Å². The van der Waals surface area contributed by atoms with Gasteiger partial charge < -0.3 is 10.0 Å². The smallest absolute Gasteiger partial charge is 0.305 e. The first-order valence-electron chi connectivity index (χ1n) is 6.99. The van der Waals surface area contributed by atoms with Gasteiger partial charge in [-0.15, -0.1) is 0 Å². The molecule has 7 heteroatoms. The highest BCUT2D eigenvalue weighted by molar-refractivity contribution is 9.10. The summed E-state index contributed by atoms with van der Waals surface area (Å²) >= 11 is 3.39. The van der Waals surface area contributed by atoms with E-state index >= 15 is 0 Å². The first-order chi connectivity index (χ1) is 11.0. The Balaban J connectivity index is 2.24. The zero-order valence-corrected chi connectivity index (χ0v) is 14.2. The summed E-state index contributed by atoms with van der Waals surface area (Å²) in [5, 5.41) is 8.91. The van der Waals surface area contributed by atoms with Gasteiger partial charge in [-0.05, 0) is 24.6 Å². The van der Waals surface area contributed by atoms with Crippen LogP contribution in [0.4, 0.5) is 0 Å². The van der Waals surface area contributed by atoms with Gasteiger partial charge in [-0.2, -0.15) is 0 Å². The summed E-state index contributed by atoms with van der Waals surface area (Å²) in [6.07, 6.45) is 2.72. The SMILES string of the molecule is Cc1ncncc1C(=O)N(CCC(=O)O)Cc1cccc(Br)c1. The number of nitrogens with zero attached hydrogens (tertiary/aromatic N) is 3. The van der Waals surface area contributed by atoms with E-state index in [0.29, 0.717) is 17.8 Å². The standard InChI is InChI=1S/C16H16BrN3O3/c1-11-14(8-18-10-19-11)16(23)20(6-5-15(21)22)9-12-3-2-4-13(17)7-12/h2-4,7-8,10H,5-6,9H2,1H3,(H,21,22). The molecule has 1 heterocycles. The number of halogens is 1. The Morgan fingerprint density at radius 2 is 2.13 bits per heavy atom. The van der Waals surface area contributed by atoms with Crippen molar-refractivity contribution in [1.29, 1.82) is 0 Å². The molecule has 1 aromatic heterocycles. The van der Waals surface area contributed by atoms with E-state index in [4.69, 9.17) is 5.11 Å². The summed E-state index contributed by atoms with van der Waals surface area (Å²) in [5.41, 5.74) is 1.86. The van der Waals surface area contributed by atoms with Gasteiger partial charge in [-0.25, -0.2) is 9.97 Å². The summed E-state index contributed by atoms with van der Waals surface area (Å²) in [7, 11) is 0. The van der Waals surface area contributed by atoms with E-state index in [1.165, 1.54) is 17.4 Å². The van der Waals surface area contributed by atoms with Gasteiger partial charge in [0.2, 0.25) is 0 Å². The van der Waals surface area contributed by atoms with Crippen LogP contribution in [-0.4, -0.2) is 38.4 Å². The van der Waals surface area contributed by atoms with Crippen LogP contribution in [0.25, 0.3) is 0 Å². The first-order valence-corrected chi connectivity index (χ1v) is 7.79. The Labute approximate surface area is 142 Å². The Morgan fingerprint density at radius 1 is 1.35 bits per heavy atom. The third-order valence-electron chi connectivity index (χ3n) is 3.29. The molecule has 2 aromatic rings. The number of aryl methyl sites for hydroxylation is 1. The van der Waals surface area contributed by atoms with Crippen molar-refractivity contribution in [3.8, 4) is 0 Å². The van der Waals surface area contributed by atoms with Crippen LogP contribution in [0.15, 0.2) is 41.3 Å². The number of benzene rings is 1. The molecule has 2 rings (SSSR count). The number of aliphatic carboxylic acids is 1. The van der Waals surface area contributed by atoms with Crippen molar-refractivity contribution in [3.63, 3.8) is 0 Å². The lowest BCUT2D eigenvalue weighted by Gasteiger charge is -2.22. The van der Waals surface area contributed by atoms with Gasteiger partial charge in [0.1, 0.15) is 6.33 Å². The van der Waals surface area contributed by atoms with E-state index in [9.17, 15) is 9.59 Å². The highest BCUT2D eigenvalue weighted by Gasteiger charge is 2.19. The molecule has 23 heavy (non-hydrogen) atoms. The predicted octanol–water partition coefficient (Wildman–Crippen LogP) is 2.66. The molecule has 0 saturated carbocycles. The topological polar surface area (TPSA) is 83.4 Å². The van der Waals surface area contributed by atoms with Gasteiger partial charge in [-0.3, -0.25) is 9.59 Å². The van der Waals surface area contributed by atoms with Crippen LogP contribution < -0.4 is 0 Å². The second-order valence-corrected chi connectivity index (χ2v) is 5.94. The maximum Gasteiger partial charge on any atom is 0.305 e. The molecule has 0 fully saturated rings. The van der Waals surface area contributed by atoms with Gasteiger partial charge >= 0.3 is 5.97 Å². The van der Waals surface area contributed by atoms with E-state index in [1.807, 2.05) is 24.3 Å². The number of carboxylic acids is 1. The highest BCUT2D eigenvalue weighted by Crippen LogP contribution is 2.16. The minimum absolute atomic E-state index is 0.119. The monoisotopic (exact) mass is 377 g/mol. The van der Waals surface area contributed by atoms with Crippen LogP contribution in [0, 0.1) is 6.92 Å². The minimum Gasteiger partial charge on any atom is -0.481 e. The molecule has 0 atom stereocenters. The van der Waals surface area contributed by atoms with Crippen LogP contribution in [0.1, 0.15) is 28.0 Å². The van der Waals surface area contributed by atoms with Crippen LogP contribution in [0.5, 0.6) is 0 Å². The number of hydrogen-bond donors (Lipinski definition) is 1. The van der Waals surface area contributed by atoms with Crippen molar-refractivity contribution in [3.05, 3.63) is 58.1 Å². The second kappa shape index (κ2) is 7.82. The Kier molecular flexibility index (Phi) is 5.81. The van der Waals surface area contributed by atoms with Crippen LogP contribution in [0.3, 0.4) is 0 Å². The molecule has 1 aromatic carbocycles. The molecule has 0 spiro atoms. The van der Waals surface area contributed by atoms with E-state index in [2.05, 4.69) is 25.9 Å². The predicted molar refractivity (Wildman–Crippen MR) is 87.9 cm³/mol. The van der Waals surface area contributed by atoms with Crippen LogP contribution in [-0.2, 0) is 11.3 Å². The van der Waals surface area contributed by atoms with Gasteiger partial charge in [0.05, 0.1) is 17.7 Å². The van der Waals surface area contributed by atoms with Gasteiger partial charge in [0.15, 0.2) is 0 Å². The first kappa shape index (κ1) is 17.1. The lowest BCUT2D eigenvalue weighted by molar-refractivity contribution is -0.137. The third kappa shape index (κ3) is 4.85. The maximum absolute atomic E-state index is 12.7. The Hall–Kier alpha value is -2.28. The van der Waals surface area contributed by atoms with Gasteiger partial charge in [0.25, 0.3) is 5.91 Å². The number of amides is 1. The maximum atomic E-state index is 12.7. The zero-order chi connectivity index (χ0) is 16.8. The summed E-state index contributed by atoms with van der Waals surface area (Å²) in [5.74, 6) is -1.22. The highest BCUT2D eigenvalue weighted by atomic mass is 79.9. The molecule has 1 N–H and O–H groups in total. The largest absolute Gasteiger partial charge is 0.481 e. The number of aromatic nitrogens is 2. The summed E-state index contributed by atoms with van der Waals surface area (Å²) in [6.45, 7) is 2.16. The molecule has 0 aliphatic rings. The van der Waals surface area contributed by atoms with Gasteiger partial charge in [-0.1, -0.05) is 28.1 Å². The van der Waals surface area contributed by atoms with E-state index < -0.39 is 5.97 Å². The fourth-order valence-corrected chi connectivity index (χ4v) is 2.56. The zero-order valence-electron chi connectivity index (χ0n) is 12.6. The quantitative estimate of drug-likeness (QED) is 0.836. The number of hydrogen-bond acceptors (Lipinski definition) is 4. The average molecular weight is 378 g/mol. The molecular weight excluding hydrogens is 362 g/mol. The Bertz CT molecular complexity index is 721. The molecule has 120 valence electrons. The molecule has 0 aliphatic heterocycles. The molecule has 6 nitrogen and oxygen atoms in total. The number of carboxylic acid groups (broad SMARTS) is 1. The van der Waals surface area contributed by atoms with Crippen LogP contribution >= 0.6 is 15.9 Å². The van der Waals surface area contributed by atoms with E-state index in [0.717, 1.165) is 10.0 Å². The Morgan fingerprint density at radius 3 is 2.78 bits per heavy atom.